The number of anilines is 1. The number of alkyl halides is 3. The fourth-order valence-electron chi connectivity index (χ4n) is 1.76. The van der Waals surface area contributed by atoms with Gasteiger partial charge in [-0.15, -0.1) is 0 Å². The first-order chi connectivity index (χ1) is 9.36. The zero-order chi connectivity index (χ0) is 15.2. The number of carbonyl (C=O) groups is 1. The molecule has 0 aliphatic rings. The zero-order valence-corrected chi connectivity index (χ0v) is 11.6. The molecule has 0 aliphatic heterocycles. The van der Waals surface area contributed by atoms with Crippen LogP contribution in [0.1, 0.15) is 32.3 Å². The van der Waals surface area contributed by atoms with Gasteiger partial charge >= 0.3 is 12.2 Å². The van der Waals surface area contributed by atoms with E-state index in [0.717, 1.165) is 25.0 Å². The van der Waals surface area contributed by atoms with Crippen LogP contribution in [0.2, 0.25) is 0 Å². The average molecular weight is 288 g/mol. The van der Waals surface area contributed by atoms with Gasteiger partial charge in [0.05, 0.1) is 5.56 Å². The van der Waals surface area contributed by atoms with Crippen LogP contribution >= 0.6 is 0 Å². The van der Waals surface area contributed by atoms with E-state index in [1.54, 1.807) is 0 Å². The summed E-state index contributed by atoms with van der Waals surface area (Å²) in [7, 11) is 0. The van der Waals surface area contributed by atoms with Gasteiger partial charge in [0.15, 0.2) is 0 Å². The second-order valence-corrected chi connectivity index (χ2v) is 4.60. The fourth-order valence-corrected chi connectivity index (χ4v) is 1.76. The Morgan fingerprint density at radius 2 is 1.90 bits per heavy atom. The van der Waals surface area contributed by atoms with Crippen molar-refractivity contribution in [2.24, 2.45) is 5.92 Å². The number of rotatable bonds is 5. The molecule has 0 saturated heterocycles. The van der Waals surface area contributed by atoms with E-state index >= 15 is 0 Å². The zero-order valence-electron chi connectivity index (χ0n) is 11.6. The van der Waals surface area contributed by atoms with Gasteiger partial charge in [-0.1, -0.05) is 32.8 Å². The highest BCUT2D eigenvalue weighted by atomic mass is 19.4. The van der Waals surface area contributed by atoms with Crippen molar-refractivity contribution >= 4 is 11.7 Å². The topological polar surface area (TPSA) is 41.1 Å². The number of nitrogens with one attached hydrogen (secondary N) is 2. The Bertz CT molecular complexity index is 442. The summed E-state index contributed by atoms with van der Waals surface area (Å²) in [5.74, 6) is 0.377. The predicted molar refractivity (Wildman–Crippen MR) is 72.5 cm³/mol. The largest absolute Gasteiger partial charge is 0.416 e. The lowest BCUT2D eigenvalue weighted by Crippen LogP contribution is -2.32. The summed E-state index contributed by atoms with van der Waals surface area (Å²) in [5, 5.41) is 5.07. The maximum Gasteiger partial charge on any atom is 0.416 e. The van der Waals surface area contributed by atoms with Gasteiger partial charge in [-0.2, -0.15) is 13.2 Å². The molecule has 2 amide bonds. The summed E-state index contributed by atoms with van der Waals surface area (Å²) in [6, 6.07) is 4.08. The number of hydrogen-bond acceptors (Lipinski definition) is 1. The smallest absolute Gasteiger partial charge is 0.338 e. The van der Waals surface area contributed by atoms with Gasteiger partial charge in [0.1, 0.15) is 0 Å². The Kier molecular flexibility index (Phi) is 5.85. The molecule has 6 heteroatoms. The molecule has 3 nitrogen and oxygen atoms in total. The van der Waals surface area contributed by atoms with Crippen molar-refractivity contribution in [3.05, 3.63) is 29.8 Å². The summed E-state index contributed by atoms with van der Waals surface area (Å²) in [5.41, 5.74) is -0.655. The minimum atomic E-state index is -4.41. The van der Waals surface area contributed by atoms with Crippen LogP contribution in [0.25, 0.3) is 0 Å². The van der Waals surface area contributed by atoms with E-state index in [9.17, 15) is 18.0 Å². The Hall–Kier alpha value is -1.72. The molecule has 20 heavy (non-hydrogen) atoms. The lowest BCUT2D eigenvalue weighted by molar-refractivity contribution is -0.137. The predicted octanol–water partition coefficient (Wildman–Crippen LogP) is 4.26. The molecule has 0 saturated carbocycles. The molecule has 0 aliphatic carbocycles. The van der Waals surface area contributed by atoms with Gasteiger partial charge in [-0.3, -0.25) is 0 Å². The Labute approximate surface area is 116 Å². The first kappa shape index (κ1) is 16.3. The van der Waals surface area contributed by atoms with E-state index in [1.807, 2.05) is 13.8 Å². The molecular formula is C14H19F3N2O. The molecule has 1 aromatic rings. The minimum absolute atomic E-state index is 0.127. The van der Waals surface area contributed by atoms with Gasteiger partial charge in [0.25, 0.3) is 0 Å². The van der Waals surface area contributed by atoms with Crippen molar-refractivity contribution in [3.63, 3.8) is 0 Å². The maximum atomic E-state index is 12.5. The number of amides is 2. The monoisotopic (exact) mass is 288 g/mol. The number of halogens is 3. The molecule has 0 bridgehead atoms. The standard InChI is InChI=1S/C14H19F3N2O/c1-3-10(4-2)9-18-13(20)19-12-7-5-6-11(8-12)14(15,16)17/h5-8,10H,3-4,9H2,1-2H3,(H2,18,19,20). The van der Waals surface area contributed by atoms with E-state index in [1.165, 1.54) is 12.1 Å². The molecule has 112 valence electrons. The van der Waals surface area contributed by atoms with Gasteiger partial charge in [0.2, 0.25) is 0 Å². The van der Waals surface area contributed by atoms with Crippen molar-refractivity contribution in [2.45, 2.75) is 32.9 Å². The summed E-state index contributed by atoms with van der Waals surface area (Å²) in [6.07, 6.45) is -2.52. The van der Waals surface area contributed by atoms with Crippen molar-refractivity contribution in [1.29, 1.82) is 0 Å². The molecule has 2 N–H and O–H groups in total. The Morgan fingerprint density at radius 1 is 1.25 bits per heavy atom. The molecule has 0 spiro atoms. The third-order valence-electron chi connectivity index (χ3n) is 3.15. The summed E-state index contributed by atoms with van der Waals surface area (Å²) in [4.78, 5) is 11.6. The van der Waals surface area contributed by atoms with Crippen molar-refractivity contribution in [3.8, 4) is 0 Å². The second-order valence-electron chi connectivity index (χ2n) is 4.60. The quantitative estimate of drug-likeness (QED) is 0.835. The van der Waals surface area contributed by atoms with Gasteiger partial charge in [-0.05, 0) is 24.1 Å². The second kappa shape index (κ2) is 7.17. The number of urea groups is 1. The van der Waals surface area contributed by atoms with E-state index < -0.39 is 17.8 Å². The Morgan fingerprint density at radius 3 is 2.45 bits per heavy atom. The van der Waals surface area contributed by atoms with Crippen molar-refractivity contribution in [2.75, 3.05) is 11.9 Å². The third kappa shape index (κ3) is 5.11. The van der Waals surface area contributed by atoms with E-state index in [0.29, 0.717) is 12.5 Å². The van der Waals surface area contributed by atoms with Crippen LogP contribution in [0.15, 0.2) is 24.3 Å². The first-order valence-corrected chi connectivity index (χ1v) is 6.58. The fraction of sp³-hybridized carbons (Fsp3) is 0.500. The molecule has 0 atom stereocenters. The maximum absolute atomic E-state index is 12.5. The SMILES string of the molecule is CCC(CC)CNC(=O)Nc1cccc(C(F)(F)F)c1. The summed E-state index contributed by atoms with van der Waals surface area (Å²) in [6.45, 7) is 4.57. The molecule has 0 aromatic heterocycles. The molecule has 1 rings (SSSR count). The highest BCUT2D eigenvalue weighted by molar-refractivity contribution is 5.89. The van der Waals surface area contributed by atoms with Crippen LogP contribution in [-0.4, -0.2) is 12.6 Å². The third-order valence-corrected chi connectivity index (χ3v) is 3.15. The van der Waals surface area contributed by atoms with Crippen molar-refractivity contribution < 1.29 is 18.0 Å². The average Bonchev–Trinajstić information content (AvgIpc) is 2.39. The molecule has 1 aromatic carbocycles. The first-order valence-electron chi connectivity index (χ1n) is 6.58. The lowest BCUT2D eigenvalue weighted by Gasteiger charge is -2.14. The number of carbonyl (C=O) groups excluding carboxylic acids is 1. The minimum Gasteiger partial charge on any atom is -0.338 e. The van der Waals surface area contributed by atoms with Crippen LogP contribution in [-0.2, 0) is 6.18 Å². The van der Waals surface area contributed by atoms with Crippen molar-refractivity contribution in [1.82, 2.24) is 5.32 Å². The molecular weight excluding hydrogens is 269 g/mol. The lowest BCUT2D eigenvalue weighted by atomic mass is 10.0. The Balaban J connectivity index is 2.58. The van der Waals surface area contributed by atoms with E-state index in [4.69, 9.17) is 0 Å². The van der Waals surface area contributed by atoms with Crippen LogP contribution in [0.4, 0.5) is 23.7 Å². The van der Waals surface area contributed by atoms with Gasteiger partial charge in [-0.25, -0.2) is 4.79 Å². The molecule has 0 heterocycles. The van der Waals surface area contributed by atoms with Gasteiger partial charge < -0.3 is 10.6 Å². The number of benzene rings is 1. The highest BCUT2D eigenvalue weighted by Gasteiger charge is 2.30. The molecule has 0 unspecified atom stereocenters. The van der Waals surface area contributed by atoms with Gasteiger partial charge in [0, 0.05) is 12.2 Å². The molecule has 0 fully saturated rings. The van der Waals surface area contributed by atoms with Crippen LogP contribution in [0, 0.1) is 5.92 Å². The van der Waals surface area contributed by atoms with Crippen LogP contribution < -0.4 is 10.6 Å². The normalized spacial score (nSPS) is 11.5. The highest BCUT2D eigenvalue weighted by Crippen LogP contribution is 2.30. The van der Waals surface area contributed by atoms with Crippen LogP contribution in [0.5, 0.6) is 0 Å². The van der Waals surface area contributed by atoms with E-state index in [2.05, 4.69) is 10.6 Å². The summed E-state index contributed by atoms with van der Waals surface area (Å²) >= 11 is 0. The van der Waals surface area contributed by atoms with E-state index in [-0.39, 0.29) is 5.69 Å². The molecule has 0 radical (unpaired) electrons. The summed E-state index contributed by atoms with van der Waals surface area (Å²) < 4.78 is 37.6. The van der Waals surface area contributed by atoms with Crippen LogP contribution in [0.3, 0.4) is 0 Å². The number of hydrogen-bond donors (Lipinski definition) is 2.